The largest absolute Gasteiger partial charge is 0.380 e. The Labute approximate surface area is 178 Å². The van der Waals surface area contributed by atoms with Crippen molar-refractivity contribution in [1.29, 1.82) is 0 Å². The van der Waals surface area contributed by atoms with Crippen molar-refractivity contribution in [2.24, 2.45) is 0 Å². The van der Waals surface area contributed by atoms with Gasteiger partial charge >= 0.3 is 0 Å². The van der Waals surface area contributed by atoms with Gasteiger partial charge in [-0.25, -0.2) is 8.42 Å². The highest BCUT2D eigenvalue weighted by Gasteiger charge is 2.23. The Hall–Kier alpha value is -2.64. The number of nitrogens with one attached hydrogen (secondary N) is 2. The third kappa shape index (κ3) is 4.74. The maximum atomic E-state index is 12.0. The second kappa shape index (κ2) is 8.62. The topological polar surface area (TPSA) is 74.3 Å². The fourth-order valence-corrected chi connectivity index (χ4v) is 4.64. The third-order valence-corrected chi connectivity index (χ3v) is 6.96. The van der Waals surface area contributed by atoms with Crippen molar-refractivity contribution in [1.82, 2.24) is 9.88 Å². The Balaban J connectivity index is 1.42. The van der Waals surface area contributed by atoms with Gasteiger partial charge < -0.3 is 5.32 Å². The van der Waals surface area contributed by atoms with Crippen LogP contribution in [-0.4, -0.2) is 43.2 Å². The van der Waals surface area contributed by atoms with Gasteiger partial charge in [0.2, 0.25) is 10.0 Å². The Morgan fingerprint density at radius 1 is 1.17 bits per heavy atom. The number of hydrogen-bond donors (Lipinski definition) is 2. The minimum atomic E-state index is -3.28. The van der Waals surface area contributed by atoms with Crippen LogP contribution in [0.4, 0.5) is 11.4 Å². The molecule has 0 unspecified atom stereocenters. The zero-order valence-corrected chi connectivity index (χ0v) is 18.2. The van der Waals surface area contributed by atoms with Gasteiger partial charge in [-0.05, 0) is 49.6 Å². The Bertz CT molecular complexity index is 1140. The number of fused-ring (bicyclic) bond motifs is 1. The third-order valence-electron chi connectivity index (χ3n) is 5.67. The van der Waals surface area contributed by atoms with Gasteiger partial charge in [-0.2, -0.15) is 0 Å². The Morgan fingerprint density at radius 3 is 2.87 bits per heavy atom. The number of likely N-dealkylation sites (tertiary alicyclic amines) is 1. The van der Waals surface area contributed by atoms with E-state index in [4.69, 9.17) is 0 Å². The molecular formula is C23H28N4O2S. The van der Waals surface area contributed by atoms with E-state index < -0.39 is 10.0 Å². The lowest BCUT2D eigenvalue weighted by molar-refractivity contribution is 0.329. The van der Waals surface area contributed by atoms with E-state index in [1.807, 2.05) is 31.5 Å². The van der Waals surface area contributed by atoms with Crippen molar-refractivity contribution in [3.63, 3.8) is 0 Å². The van der Waals surface area contributed by atoms with Gasteiger partial charge in [0.25, 0.3) is 0 Å². The molecule has 2 heterocycles. The first-order valence-electron chi connectivity index (χ1n) is 10.3. The summed E-state index contributed by atoms with van der Waals surface area (Å²) in [5.74, 6) is 0.0698. The molecule has 3 aromatic rings. The molecule has 2 aromatic carbocycles. The number of anilines is 2. The molecule has 0 spiro atoms. The SMILES string of the molecule is CCS(=O)(=O)Nc1cc(CN2CC[C@@H](Nc3cccc4cnccc34)C2)ccc1C. The average molecular weight is 425 g/mol. The standard InChI is InChI=1S/C23H28N4O2S/c1-3-30(28,29)26-23-13-18(8-7-17(23)2)15-27-12-10-20(16-27)25-22-6-4-5-19-14-24-11-9-21(19)22/h4-9,11,13-14,20,25-26H,3,10,12,15-16H2,1-2H3/t20-/m1/s1. The monoisotopic (exact) mass is 424 g/mol. The van der Waals surface area contributed by atoms with Gasteiger partial charge in [-0.15, -0.1) is 0 Å². The van der Waals surface area contributed by atoms with Gasteiger partial charge in [0.15, 0.2) is 0 Å². The van der Waals surface area contributed by atoms with E-state index in [0.29, 0.717) is 11.7 Å². The van der Waals surface area contributed by atoms with E-state index in [9.17, 15) is 8.42 Å². The van der Waals surface area contributed by atoms with E-state index in [2.05, 4.69) is 50.3 Å². The molecule has 1 aliphatic heterocycles. The molecule has 0 aliphatic carbocycles. The smallest absolute Gasteiger partial charge is 0.232 e. The molecule has 7 heteroatoms. The van der Waals surface area contributed by atoms with Crippen LogP contribution >= 0.6 is 0 Å². The van der Waals surface area contributed by atoms with Crippen LogP contribution in [0.5, 0.6) is 0 Å². The second-order valence-electron chi connectivity index (χ2n) is 7.92. The average Bonchev–Trinajstić information content (AvgIpc) is 3.17. The normalized spacial score (nSPS) is 17.3. The summed E-state index contributed by atoms with van der Waals surface area (Å²) in [4.78, 5) is 6.62. The van der Waals surface area contributed by atoms with Crippen molar-refractivity contribution in [2.75, 3.05) is 28.9 Å². The van der Waals surface area contributed by atoms with Crippen LogP contribution in [0.25, 0.3) is 10.8 Å². The van der Waals surface area contributed by atoms with Gasteiger partial charge in [0, 0.05) is 54.5 Å². The van der Waals surface area contributed by atoms with Crippen LogP contribution in [-0.2, 0) is 16.6 Å². The quantitative estimate of drug-likeness (QED) is 0.600. The summed E-state index contributed by atoms with van der Waals surface area (Å²) in [6, 6.07) is 14.7. The Kier molecular flexibility index (Phi) is 5.92. The molecule has 2 N–H and O–H groups in total. The molecule has 0 radical (unpaired) electrons. The summed E-state index contributed by atoms with van der Waals surface area (Å²) >= 11 is 0. The number of rotatable bonds is 7. The van der Waals surface area contributed by atoms with Crippen LogP contribution in [0.1, 0.15) is 24.5 Å². The number of pyridine rings is 1. The van der Waals surface area contributed by atoms with Gasteiger partial charge in [-0.3, -0.25) is 14.6 Å². The summed E-state index contributed by atoms with van der Waals surface area (Å²) in [5, 5.41) is 6.03. The molecule has 1 aliphatic rings. The van der Waals surface area contributed by atoms with Crippen molar-refractivity contribution < 1.29 is 8.42 Å². The maximum Gasteiger partial charge on any atom is 0.232 e. The van der Waals surface area contributed by atoms with E-state index in [0.717, 1.165) is 48.3 Å². The zero-order valence-electron chi connectivity index (χ0n) is 17.4. The molecule has 158 valence electrons. The molecule has 1 atom stereocenters. The number of aryl methyl sites for hydroxylation is 1. The first kappa shape index (κ1) is 20.6. The van der Waals surface area contributed by atoms with Crippen LogP contribution in [0.2, 0.25) is 0 Å². The number of nitrogens with zero attached hydrogens (tertiary/aromatic N) is 2. The second-order valence-corrected chi connectivity index (χ2v) is 9.93. The fraction of sp³-hybridized carbons (Fsp3) is 0.348. The molecule has 1 fully saturated rings. The number of hydrogen-bond acceptors (Lipinski definition) is 5. The lowest BCUT2D eigenvalue weighted by Crippen LogP contribution is -2.26. The van der Waals surface area contributed by atoms with Gasteiger partial charge in [0.05, 0.1) is 11.4 Å². The number of benzene rings is 2. The Morgan fingerprint density at radius 2 is 2.03 bits per heavy atom. The lowest BCUT2D eigenvalue weighted by atomic mass is 10.1. The summed E-state index contributed by atoms with van der Waals surface area (Å²) < 4.78 is 26.6. The van der Waals surface area contributed by atoms with Crippen LogP contribution < -0.4 is 10.0 Å². The summed E-state index contributed by atoms with van der Waals surface area (Å²) in [5.41, 5.74) is 3.87. The molecule has 1 aromatic heterocycles. The van der Waals surface area contributed by atoms with Gasteiger partial charge in [-0.1, -0.05) is 24.3 Å². The first-order chi connectivity index (χ1) is 14.4. The van der Waals surface area contributed by atoms with Crippen molar-refractivity contribution in [3.8, 4) is 0 Å². The highest BCUT2D eigenvalue weighted by atomic mass is 32.2. The van der Waals surface area contributed by atoms with Crippen LogP contribution in [0.3, 0.4) is 0 Å². The molecule has 0 bridgehead atoms. The van der Waals surface area contributed by atoms with Crippen LogP contribution in [0.15, 0.2) is 54.9 Å². The molecule has 30 heavy (non-hydrogen) atoms. The summed E-state index contributed by atoms with van der Waals surface area (Å²) in [7, 11) is -3.28. The summed E-state index contributed by atoms with van der Waals surface area (Å²) in [6.45, 7) is 6.33. The van der Waals surface area contributed by atoms with E-state index in [1.54, 1.807) is 6.92 Å². The molecule has 0 saturated carbocycles. The van der Waals surface area contributed by atoms with Crippen molar-refractivity contribution in [3.05, 3.63) is 66.0 Å². The molecule has 6 nitrogen and oxygen atoms in total. The fourth-order valence-electron chi connectivity index (χ4n) is 3.94. The maximum absolute atomic E-state index is 12.0. The van der Waals surface area contributed by atoms with Crippen LogP contribution in [0, 0.1) is 6.92 Å². The molecule has 0 amide bonds. The van der Waals surface area contributed by atoms with Crippen molar-refractivity contribution in [2.45, 2.75) is 32.9 Å². The predicted molar refractivity (Wildman–Crippen MR) is 123 cm³/mol. The molecule has 1 saturated heterocycles. The molecular weight excluding hydrogens is 396 g/mol. The minimum Gasteiger partial charge on any atom is -0.380 e. The van der Waals surface area contributed by atoms with E-state index >= 15 is 0 Å². The first-order valence-corrected chi connectivity index (χ1v) is 12.0. The lowest BCUT2D eigenvalue weighted by Gasteiger charge is -2.19. The van der Waals surface area contributed by atoms with Gasteiger partial charge in [0.1, 0.15) is 0 Å². The van der Waals surface area contributed by atoms with E-state index in [-0.39, 0.29) is 5.75 Å². The highest BCUT2D eigenvalue weighted by Crippen LogP contribution is 2.26. The molecule has 4 rings (SSSR count). The minimum absolute atomic E-state index is 0.0698. The summed E-state index contributed by atoms with van der Waals surface area (Å²) in [6.07, 6.45) is 4.79. The van der Waals surface area contributed by atoms with Crippen molar-refractivity contribution >= 4 is 32.2 Å². The number of sulfonamides is 1. The zero-order chi connectivity index (χ0) is 21.1. The van der Waals surface area contributed by atoms with E-state index in [1.165, 1.54) is 5.39 Å². The number of aromatic nitrogens is 1. The predicted octanol–water partition coefficient (Wildman–Crippen LogP) is 3.99. The highest BCUT2D eigenvalue weighted by molar-refractivity contribution is 7.92.